The summed E-state index contributed by atoms with van der Waals surface area (Å²) < 4.78 is 0. The zero-order valence-corrected chi connectivity index (χ0v) is 4.63. The van der Waals surface area contributed by atoms with Crippen LogP contribution >= 0.6 is 0 Å². The third-order valence-corrected chi connectivity index (χ3v) is 0.406. The van der Waals surface area contributed by atoms with E-state index < -0.39 is 0 Å². The highest BCUT2D eigenvalue weighted by Gasteiger charge is 1.56. The number of hydrogen-bond donors (Lipinski definition) is 1. The molecule has 1 rings (SSSR count). The molecule has 3 heteroatoms. The average molecular weight is 109 g/mol. The lowest BCUT2D eigenvalue weighted by Gasteiger charge is -1.46. The number of rotatable bonds is 0. The van der Waals surface area contributed by atoms with Gasteiger partial charge in [-0.15, -0.1) is 0 Å². The molecule has 0 radical (unpaired) electrons. The van der Waals surface area contributed by atoms with Crippen molar-refractivity contribution in [2.75, 3.05) is 0 Å². The normalized spacial score (nSPS) is 6.00. The molecule has 0 saturated heterocycles. The van der Waals surface area contributed by atoms with E-state index in [4.69, 9.17) is 5.26 Å². The van der Waals surface area contributed by atoms with Crippen molar-refractivity contribution in [1.82, 2.24) is 9.97 Å². The molecule has 0 amide bonds. The van der Waals surface area contributed by atoms with Gasteiger partial charge in [0.2, 0.25) is 0 Å². The van der Waals surface area contributed by atoms with Gasteiger partial charge in [0.1, 0.15) is 0 Å². The van der Waals surface area contributed by atoms with Crippen LogP contribution in [-0.4, -0.2) is 9.97 Å². The highest BCUT2D eigenvalue weighted by atomic mass is 14.8. The van der Waals surface area contributed by atoms with Gasteiger partial charge in [-0.25, -0.2) is 4.98 Å². The number of aromatic amines is 1. The maximum atomic E-state index is 7.32. The Bertz CT molecular complexity index is 120. The topological polar surface area (TPSA) is 52.5 Å². The van der Waals surface area contributed by atoms with E-state index in [9.17, 15) is 0 Å². The Hall–Kier alpha value is -1.30. The summed E-state index contributed by atoms with van der Waals surface area (Å²) in [6.45, 7) is 1.43. The average Bonchev–Trinajstić information content (AvgIpc) is 2.17. The maximum absolute atomic E-state index is 7.32. The van der Waals surface area contributed by atoms with Crippen molar-refractivity contribution in [3.05, 3.63) is 18.7 Å². The second-order valence-corrected chi connectivity index (χ2v) is 0.984. The number of H-pyrrole nitrogens is 1. The third-order valence-electron chi connectivity index (χ3n) is 0.406. The molecule has 1 N–H and O–H groups in total. The van der Waals surface area contributed by atoms with Crippen LogP contribution in [0.15, 0.2) is 18.7 Å². The minimum absolute atomic E-state index is 1.43. The largest absolute Gasteiger partial charge is 0.351 e. The first-order chi connectivity index (χ1) is 3.91. The van der Waals surface area contributed by atoms with E-state index >= 15 is 0 Å². The minimum Gasteiger partial charge on any atom is -0.351 e. The molecule has 1 aromatic rings. The van der Waals surface area contributed by atoms with E-state index in [-0.39, 0.29) is 0 Å². The van der Waals surface area contributed by atoms with E-state index in [0.717, 1.165) is 0 Å². The summed E-state index contributed by atoms with van der Waals surface area (Å²) in [5.41, 5.74) is 0. The lowest BCUT2D eigenvalue weighted by atomic mass is 11.0. The summed E-state index contributed by atoms with van der Waals surface area (Å²) in [6, 6.07) is 1.75. The van der Waals surface area contributed by atoms with Crippen LogP contribution in [-0.2, 0) is 0 Å². The molecule has 1 heterocycles. The number of hydrogen-bond acceptors (Lipinski definition) is 2. The number of nitrogens with one attached hydrogen (secondary N) is 1. The molecule has 0 aliphatic rings. The summed E-state index contributed by atoms with van der Waals surface area (Å²) in [4.78, 5) is 6.42. The predicted molar refractivity (Wildman–Crippen MR) is 29.9 cm³/mol. The van der Waals surface area contributed by atoms with Crippen LogP contribution in [0, 0.1) is 11.3 Å². The van der Waals surface area contributed by atoms with E-state index in [2.05, 4.69) is 9.97 Å². The summed E-state index contributed by atoms with van der Waals surface area (Å²) >= 11 is 0. The van der Waals surface area contributed by atoms with Gasteiger partial charge in [0.05, 0.1) is 12.4 Å². The van der Waals surface area contributed by atoms with Crippen molar-refractivity contribution >= 4 is 0 Å². The van der Waals surface area contributed by atoms with Crippen LogP contribution in [0.4, 0.5) is 0 Å². The Morgan fingerprint density at radius 3 is 2.50 bits per heavy atom. The number of nitrogens with zero attached hydrogens (tertiary/aromatic N) is 2. The lowest BCUT2D eigenvalue weighted by molar-refractivity contribution is 1.31. The second kappa shape index (κ2) is 5.70. The molecule has 3 nitrogen and oxygen atoms in total. The minimum atomic E-state index is 1.43. The standard InChI is InChI=1S/C3H4N2.C2H3N/c1-2-5-3-4-1;1-2-3/h1-3H,(H,4,5);1H3. The van der Waals surface area contributed by atoms with Gasteiger partial charge in [-0.1, -0.05) is 0 Å². The summed E-state index contributed by atoms with van der Waals surface area (Å²) in [6.07, 6.45) is 5.08. The molecule has 0 saturated carbocycles. The number of imidazole rings is 1. The smallest absolute Gasteiger partial charge is 0.0919 e. The monoisotopic (exact) mass is 109 g/mol. The van der Waals surface area contributed by atoms with Crippen molar-refractivity contribution in [2.24, 2.45) is 0 Å². The second-order valence-electron chi connectivity index (χ2n) is 0.984. The molecule has 0 aromatic carbocycles. The fourth-order valence-corrected chi connectivity index (χ4v) is 0.215. The summed E-state index contributed by atoms with van der Waals surface area (Å²) in [7, 11) is 0. The van der Waals surface area contributed by atoms with Gasteiger partial charge in [-0.05, 0) is 0 Å². The molecule has 0 fully saturated rings. The van der Waals surface area contributed by atoms with Crippen molar-refractivity contribution in [3.63, 3.8) is 0 Å². The summed E-state index contributed by atoms with van der Waals surface area (Å²) in [5.74, 6) is 0. The molecular weight excluding hydrogens is 102 g/mol. The van der Waals surface area contributed by atoms with Gasteiger partial charge in [0.25, 0.3) is 0 Å². The number of nitriles is 1. The molecule has 0 spiro atoms. The SMILES string of the molecule is CC#N.c1c[nH]cn1. The van der Waals surface area contributed by atoms with E-state index in [0.29, 0.717) is 0 Å². The quantitative estimate of drug-likeness (QED) is 0.539. The Morgan fingerprint density at radius 1 is 1.75 bits per heavy atom. The zero-order valence-electron chi connectivity index (χ0n) is 4.63. The van der Waals surface area contributed by atoms with Gasteiger partial charge < -0.3 is 4.98 Å². The van der Waals surface area contributed by atoms with Crippen LogP contribution in [0.3, 0.4) is 0 Å². The molecule has 0 bridgehead atoms. The van der Waals surface area contributed by atoms with Gasteiger partial charge >= 0.3 is 0 Å². The van der Waals surface area contributed by atoms with Crippen LogP contribution in [0.1, 0.15) is 6.92 Å². The maximum Gasteiger partial charge on any atom is 0.0919 e. The molecule has 0 aliphatic carbocycles. The predicted octanol–water partition coefficient (Wildman–Crippen LogP) is 0.940. The third kappa shape index (κ3) is 4.70. The van der Waals surface area contributed by atoms with Crippen LogP contribution in [0.5, 0.6) is 0 Å². The van der Waals surface area contributed by atoms with E-state index in [1.807, 2.05) is 0 Å². The van der Waals surface area contributed by atoms with Crippen LogP contribution in [0.25, 0.3) is 0 Å². The lowest BCUT2D eigenvalue weighted by Crippen LogP contribution is -1.44. The molecule has 42 valence electrons. The zero-order chi connectivity index (χ0) is 6.24. The Labute approximate surface area is 48.0 Å². The fraction of sp³-hybridized carbons (Fsp3) is 0.200. The first kappa shape index (κ1) is 6.70. The van der Waals surface area contributed by atoms with Gasteiger partial charge in [0.15, 0.2) is 0 Å². The van der Waals surface area contributed by atoms with Gasteiger partial charge in [0, 0.05) is 19.3 Å². The molecule has 8 heavy (non-hydrogen) atoms. The highest BCUT2D eigenvalue weighted by Crippen LogP contribution is 1.62. The molecule has 1 aromatic heterocycles. The Morgan fingerprint density at radius 2 is 2.38 bits per heavy atom. The molecular formula is C5H7N3. The van der Waals surface area contributed by atoms with Crippen molar-refractivity contribution in [3.8, 4) is 6.07 Å². The first-order valence-electron chi connectivity index (χ1n) is 2.15. The van der Waals surface area contributed by atoms with Gasteiger partial charge in [-0.2, -0.15) is 5.26 Å². The summed E-state index contributed by atoms with van der Waals surface area (Å²) in [5, 5.41) is 7.32. The van der Waals surface area contributed by atoms with Crippen molar-refractivity contribution in [2.45, 2.75) is 6.92 Å². The van der Waals surface area contributed by atoms with Crippen molar-refractivity contribution < 1.29 is 0 Å². The van der Waals surface area contributed by atoms with Crippen LogP contribution < -0.4 is 0 Å². The fourth-order valence-electron chi connectivity index (χ4n) is 0.215. The van der Waals surface area contributed by atoms with E-state index in [1.54, 1.807) is 24.8 Å². The Kier molecular flexibility index (Phi) is 4.77. The van der Waals surface area contributed by atoms with Crippen LogP contribution in [0.2, 0.25) is 0 Å². The molecule has 0 atom stereocenters. The van der Waals surface area contributed by atoms with Crippen molar-refractivity contribution in [1.29, 1.82) is 5.26 Å². The van der Waals surface area contributed by atoms with Gasteiger partial charge in [-0.3, -0.25) is 0 Å². The van der Waals surface area contributed by atoms with E-state index in [1.165, 1.54) is 6.92 Å². The first-order valence-corrected chi connectivity index (χ1v) is 2.15. The molecule has 0 unspecified atom stereocenters. The highest BCUT2D eigenvalue weighted by molar-refractivity contribution is 4.64. The molecule has 0 aliphatic heterocycles. The number of aromatic nitrogens is 2. The Balaban J connectivity index is 0.000000145.